The van der Waals surface area contributed by atoms with Crippen LogP contribution in [0.1, 0.15) is 24.0 Å². The van der Waals surface area contributed by atoms with Gasteiger partial charge in [0.15, 0.2) is 0 Å². The van der Waals surface area contributed by atoms with E-state index in [1.54, 1.807) is 0 Å². The molecule has 0 heterocycles. The van der Waals surface area contributed by atoms with Crippen molar-refractivity contribution in [2.45, 2.75) is 38.7 Å². The van der Waals surface area contributed by atoms with Crippen LogP contribution in [0.2, 0.25) is 0 Å². The van der Waals surface area contributed by atoms with E-state index in [1.165, 1.54) is 12.8 Å². The number of aryl methyl sites for hydroxylation is 1. The second-order valence-electron chi connectivity index (χ2n) is 5.01. The zero-order chi connectivity index (χ0) is 15.5. The van der Waals surface area contributed by atoms with E-state index in [2.05, 4.69) is 26.0 Å². The van der Waals surface area contributed by atoms with E-state index < -0.39 is 13.0 Å². The van der Waals surface area contributed by atoms with Crippen molar-refractivity contribution in [3.63, 3.8) is 0 Å². The first-order chi connectivity index (χ1) is 9.85. The van der Waals surface area contributed by atoms with Gasteiger partial charge in [-0.05, 0) is 37.5 Å². The molecule has 118 valence electrons. The van der Waals surface area contributed by atoms with Crippen molar-refractivity contribution in [1.82, 2.24) is 5.32 Å². The molecule has 7 heteroatoms. The minimum absolute atomic E-state index is 0.140. The van der Waals surface area contributed by atoms with Gasteiger partial charge in [0, 0.05) is 22.6 Å². The molecule has 3 nitrogen and oxygen atoms in total. The van der Waals surface area contributed by atoms with Crippen LogP contribution < -0.4 is 10.1 Å². The van der Waals surface area contributed by atoms with Gasteiger partial charge in [-0.2, -0.15) is 0 Å². The third-order valence-corrected chi connectivity index (χ3v) is 3.53. The zero-order valence-electron chi connectivity index (χ0n) is 11.6. The summed E-state index contributed by atoms with van der Waals surface area (Å²) < 4.78 is 45.9. The number of ether oxygens (including phenoxy) is 2. The highest BCUT2D eigenvalue weighted by molar-refractivity contribution is 9.10. The van der Waals surface area contributed by atoms with E-state index >= 15 is 0 Å². The normalized spacial score (nSPS) is 15.3. The van der Waals surface area contributed by atoms with Gasteiger partial charge in [-0.25, -0.2) is 0 Å². The first-order valence-corrected chi connectivity index (χ1v) is 7.50. The molecule has 0 aliphatic heterocycles. The summed E-state index contributed by atoms with van der Waals surface area (Å²) in [5.74, 6) is 0.622. The van der Waals surface area contributed by atoms with Crippen LogP contribution in [0.3, 0.4) is 0 Å². The lowest BCUT2D eigenvalue weighted by Crippen LogP contribution is -2.20. The van der Waals surface area contributed by atoms with Gasteiger partial charge in [0.25, 0.3) is 0 Å². The van der Waals surface area contributed by atoms with Crippen molar-refractivity contribution < 1.29 is 22.6 Å². The molecule has 0 amide bonds. The molecule has 1 aromatic rings. The smallest absolute Gasteiger partial charge is 0.491 e. The molecule has 0 bridgehead atoms. The number of hydrogen-bond acceptors (Lipinski definition) is 3. The highest BCUT2D eigenvalue weighted by Crippen LogP contribution is 2.29. The average molecular weight is 368 g/mol. The van der Waals surface area contributed by atoms with Crippen molar-refractivity contribution in [3.8, 4) is 5.75 Å². The van der Waals surface area contributed by atoms with Crippen molar-refractivity contribution in [1.29, 1.82) is 0 Å². The lowest BCUT2D eigenvalue weighted by Gasteiger charge is -2.16. The Morgan fingerprint density at radius 1 is 1.29 bits per heavy atom. The molecule has 1 fully saturated rings. The molecule has 0 atom stereocenters. The van der Waals surface area contributed by atoms with Crippen LogP contribution in [0.5, 0.6) is 5.75 Å². The third-order valence-electron chi connectivity index (χ3n) is 3.07. The van der Waals surface area contributed by atoms with Gasteiger partial charge < -0.3 is 10.1 Å². The maximum atomic E-state index is 11.9. The van der Waals surface area contributed by atoms with Gasteiger partial charge in [0.2, 0.25) is 0 Å². The number of rotatable bonds is 7. The van der Waals surface area contributed by atoms with Gasteiger partial charge in [-0.3, -0.25) is 4.74 Å². The van der Waals surface area contributed by atoms with Crippen LogP contribution in [0, 0.1) is 6.92 Å². The van der Waals surface area contributed by atoms with E-state index in [4.69, 9.17) is 4.74 Å². The summed E-state index contributed by atoms with van der Waals surface area (Å²) in [6.07, 6.45) is -2.28. The minimum atomic E-state index is -4.62. The number of nitrogens with one attached hydrogen (secondary N) is 1. The fraction of sp³-hybridized carbons (Fsp3) is 0.571. The first-order valence-electron chi connectivity index (χ1n) is 6.71. The molecule has 21 heavy (non-hydrogen) atoms. The second kappa shape index (κ2) is 6.98. The predicted octanol–water partition coefficient (Wildman–Crippen LogP) is 3.92. The number of alkyl halides is 3. The van der Waals surface area contributed by atoms with Crippen LogP contribution in [0.4, 0.5) is 13.2 Å². The summed E-state index contributed by atoms with van der Waals surface area (Å²) in [5.41, 5.74) is 1.81. The quantitative estimate of drug-likeness (QED) is 0.740. The molecule has 1 N–H and O–H groups in total. The van der Waals surface area contributed by atoms with Crippen LogP contribution in [-0.4, -0.2) is 25.6 Å². The minimum Gasteiger partial charge on any atom is -0.491 e. The molecule has 1 saturated carbocycles. The number of benzene rings is 1. The van der Waals surface area contributed by atoms with E-state index in [0.29, 0.717) is 18.3 Å². The summed E-state index contributed by atoms with van der Waals surface area (Å²) in [6, 6.07) is 4.34. The molecule has 1 aromatic carbocycles. The van der Waals surface area contributed by atoms with E-state index in [0.717, 1.165) is 15.6 Å². The predicted molar refractivity (Wildman–Crippen MR) is 76.2 cm³/mol. The lowest BCUT2D eigenvalue weighted by molar-refractivity contribution is -0.325. The summed E-state index contributed by atoms with van der Waals surface area (Å²) in [6.45, 7) is 1.85. The molecule has 0 spiro atoms. The Bertz CT molecular complexity index is 490. The van der Waals surface area contributed by atoms with Gasteiger partial charge in [-0.15, -0.1) is 13.2 Å². The molecule has 1 aliphatic rings. The lowest BCUT2D eigenvalue weighted by atomic mass is 10.1. The van der Waals surface area contributed by atoms with Gasteiger partial charge in [0.05, 0.1) is 6.61 Å². The highest BCUT2D eigenvalue weighted by atomic mass is 79.9. The Hall–Kier alpha value is -0.790. The fourth-order valence-corrected chi connectivity index (χ4v) is 2.60. The van der Waals surface area contributed by atoms with Gasteiger partial charge in [-0.1, -0.05) is 15.9 Å². The van der Waals surface area contributed by atoms with Crippen LogP contribution in [0.15, 0.2) is 16.6 Å². The molecular weight excluding hydrogens is 351 g/mol. The van der Waals surface area contributed by atoms with E-state index in [1.807, 2.05) is 19.1 Å². The largest absolute Gasteiger partial charge is 0.522 e. The molecule has 0 saturated heterocycles. The Morgan fingerprint density at radius 3 is 2.62 bits per heavy atom. The summed E-state index contributed by atoms with van der Waals surface area (Å²) in [7, 11) is 0. The molecule has 0 radical (unpaired) electrons. The maximum Gasteiger partial charge on any atom is 0.522 e. The van der Waals surface area contributed by atoms with Crippen molar-refractivity contribution >= 4 is 15.9 Å². The highest BCUT2D eigenvalue weighted by Gasteiger charge is 2.28. The van der Waals surface area contributed by atoms with E-state index in [9.17, 15) is 13.2 Å². The molecular formula is C14H17BrF3NO2. The Kier molecular flexibility index (Phi) is 5.51. The standard InChI is InChI=1S/C14H17BrF3NO2/c1-9-6-11(15)7-10(8-19-12-2-3-12)13(9)20-4-5-21-14(16,17)18/h6-7,12,19H,2-5,8H2,1H3. The third kappa shape index (κ3) is 5.84. The Labute approximate surface area is 129 Å². The summed E-state index contributed by atoms with van der Waals surface area (Å²) in [4.78, 5) is 0. The average Bonchev–Trinajstić information content (AvgIpc) is 3.16. The molecule has 2 rings (SSSR count). The van der Waals surface area contributed by atoms with E-state index in [-0.39, 0.29) is 6.61 Å². The zero-order valence-corrected chi connectivity index (χ0v) is 13.2. The Morgan fingerprint density at radius 2 is 2.00 bits per heavy atom. The summed E-state index contributed by atoms with van der Waals surface area (Å²) in [5, 5.41) is 3.37. The monoisotopic (exact) mass is 367 g/mol. The van der Waals surface area contributed by atoms with Gasteiger partial charge >= 0.3 is 6.36 Å². The second-order valence-corrected chi connectivity index (χ2v) is 5.92. The molecule has 1 aliphatic carbocycles. The fourth-order valence-electron chi connectivity index (χ4n) is 1.98. The van der Waals surface area contributed by atoms with Crippen molar-refractivity contribution in [3.05, 3.63) is 27.7 Å². The van der Waals surface area contributed by atoms with Gasteiger partial charge in [0.1, 0.15) is 12.4 Å². The van der Waals surface area contributed by atoms with Crippen LogP contribution in [0.25, 0.3) is 0 Å². The first kappa shape index (κ1) is 16.6. The van der Waals surface area contributed by atoms with Crippen LogP contribution in [-0.2, 0) is 11.3 Å². The summed E-state index contributed by atoms with van der Waals surface area (Å²) >= 11 is 3.42. The molecule has 0 aromatic heterocycles. The Balaban J connectivity index is 1.95. The van der Waals surface area contributed by atoms with Crippen molar-refractivity contribution in [2.75, 3.05) is 13.2 Å². The van der Waals surface area contributed by atoms with Crippen molar-refractivity contribution in [2.24, 2.45) is 0 Å². The van der Waals surface area contributed by atoms with Crippen LogP contribution >= 0.6 is 15.9 Å². The molecule has 0 unspecified atom stereocenters. The number of halogens is 4. The number of hydrogen-bond donors (Lipinski definition) is 1. The SMILES string of the molecule is Cc1cc(Br)cc(CNC2CC2)c1OCCOC(F)(F)F. The topological polar surface area (TPSA) is 30.5 Å². The maximum absolute atomic E-state index is 11.9.